The number of hydrogen-bond donors (Lipinski definition) is 1. The predicted octanol–water partition coefficient (Wildman–Crippen LogP) is 4.22. The van der Waals surface area contributed by atoms with Gasteiger partial charge in [-0.2, -0.15) is 0 Å². The van der Waals surface area contributed by atoms with Crippen LogP contribution in [0.3, 0.4) is 0 Å². The molecular weight excluding hydrogens is 328 g/mol. The Labute approximate surface area is 123 Å². The molecule has 1 atom stereocenters. The van der Waals surface area contributed by atoms with Gasteiger partial charge in [-0.15, -0.1) is 0 Å². The molecule has 1 amide bonds. The van der Waals surface area contributed by atoms with Gasteiger partial charge in [0.05, 0.1) is 6.04 Å². The summed E-state index contributed by atoms with van der Waals surface area (Å²) in [5.41, 5.74) is 0.846. The van der Waals surface area contributed by atoms with Crippen LogP contribution in [0.4, 0.5) is 8.78 Å². The van der Waals surface area contributed by atoms with E-state index in [2.05, 4.69) is 21.2 Å². The summed E-state index contributed by atoms with van der Waals surface area (Å²) in [4.78, 5) is 12.0. The van der Waals surface area contributed by atoms with Crippen LogP contribution in [0.25, 0.3) is 0 Å². The Morgan fingerprint density at radius 1 is 1.15 bits per heavy atom. The molecule has 0 aliphatic heterocycles. The summed E-state index contributed by atoms with van der Waals surface area (Å²) < 4.78 is 27.0. The van der Waals surface area contributed by atoms with Gasteiger partial charge in [0.15, 0.2) is 0 Å². The summed E-state index contributed by atoms with van der Waals surface area (Å²) in [7, 11) is 0. The van der Waals surface area contributed by atoms with Crippen molar-refractivity contribution in [2.75, 3.05) is 0 Å². The predicted molar refractivity (Wildman–Crippen MR) is 76.4 cm³/mol. The van der Waals surface area contributed by atoms with Crippen LogP contribution >= 0.6 is 15.9 Å². The maximum absolute atomic E-state index is 13.1. The third-order valence-electron chi connectivity index (χ3n) is 2.84. The smallest absolute Gasteiger partial charge is 0.251 e. The van der Waals surface area contributed by atoms with Crippen LogP contribution in [0, 0.1) is 11.6 Å². The van der Waals surface area contributed by atoms with Crippen LogP contribution < -0.4 is 5.32 Å². The van der Waals surface area contributed by atoms with E-state index in [0.717, 1.165) is 28.2 Å². The van der Waals surface area contributed by atoms with E-state index < -0.39 is 17.5 Å². The minimum atomic E-state index is -0.774. The summed E-state index contributed by atoms with van der Waals surface area (Å²) in [5, 5.41) is 2.71. The van der Waals surface area contributed by atoms with Crippen LogP contribution in [0.5, 0.6) is 0 Å². The molecule has 0 fully saturated rings. The molecular formula is C15H12BrF2NO. The summed E-state index contributed by atoms with van der Waals surface area (Å²) in [6, 6.07) is 9.89. The Bertz CT molecular complexity index is 625. The molecule has 0 aliphatic carbocycles. The van der Waals surface area contributed by atoms with Gasteiger partial charge in [-0.1, -0.05) is 34.1 Å². The number of carbonyl (C=O) groups excluding carboxylic acids is 1. The molecule has 0 heterocycles. The van der Waals surface area contributed by atoms with E-state index in [1.54, 1.807) is 6.92 Å². The Hall–Kier alpha value is -1.75. The van der Waals surface area contributed by atoms with E-state index in [1.165, 1.54) is 0 Å². The number of hydrogen-bond acceptors (Lipinski definition) is 1. The average Bonchev–Trinajstić information content (AvgIpc) is 2.37. The first-order valence-corrected chi connectivity index (χ1v) is 6.78. The van der Waals surface area contributed by atoms with E-state index in [1.807, 2.05) is 24.3 Å². The number of benzene rings is 2. The molecule has 0 spiro atoms. The zero-order chi connectivity index (χ0) is 14.7. The molecule has 104 valence electrons. The van der Waals surface area contributed by atoms with Crippen LogP contribution in [0.1, 0.15) is 28.9 Å². The van der Waals surface area contributed by atoms with Crippen molar-refractivity contribution in [2.45, 2.75) is 13.0 Å². The lowest BCUT2D eigenvalue weighted by molar-refractivity contribution is 0.0939. The van der Waals surface area contributed by atoms with Gasteiger partial charge < -0.3 is 5.32 Å². The minimum absolute atomic E-state index is 0.0404. The first-order valence-electron chi connectivity index (χ1n) is 5.99. The summed E-state index contributed by atoms with van der Waals surface area (Å²) in [5.74, 6) is -2.07. The van der Waals surface area contributed by atoms with Crippen LogP contribution in [0.15, 0.2) is 46.9 Å². The van der Waals surface area contributed by atoms with Crippen molar-refractivity contribution in [2.24, 2.45) is 0 Å². The van der Waals surface area contributed by atoms with Crippen molar-refractivity contribution in [3.05, 3.63) is 69.7 Å². The molecule has 2 aromatic rings. The zero-order valence-corrected chi connectivity index (χ0v) is 12.2. The number of carbonyl (C=O) groups is 1. The summed E-state index contributed by atoms with van der Waals surface area (Å²) in [6.45, 7) is 1.80. The fourth-order valence-electron chi connectivity index (χ4n) is 1.87. The van der Waals surface area contributed by atoms with Crippen LogP contribution in [-0.2, 0) is 0 Å². The Morgan fingerprint density at radius 2 is 1.75 bits per heavy atom. The monoisotopic (exact) mass is 339 g/mol. The van der Waals surface area contributed by atoms with E-state index in [4.69, 9.17) is 0 Å². The van der Waals surface area contributed by atoms with Gasteiger partial charge in [0, 0.05) is 16.1 Å². The molecule has 2 rings (SSSR count). The first-order chi connectivity index (χ1) is 9.47. The Kier molecular flexibility index (Phi) is 4.49. The van der Waals surface area contributed by atoms with E-state index >= 15 is 0 Å². The van der Waals surface area contributed by atoms with E-state index in [-0.39, 0.29) is 11.6 Å². The third-order valence-corrected chi connectivity index (χ3v) is 3.57. The van der Waals surface area contributed by atoms with Gasteiger partial charge in [0.2, 0.25) is 0 Å². The van der Waals surface area contributed by atoms with Gasteiger partial charge in [-0.3, -0.25) is 4.79 Å². The normalized spacial score (nSPS) is 12.0. The lowest BCUT2D eigenvalue weighted by Crippen LogP contribution is -2.27. The Morgan fingerprint density at radius 3 is 2.35 bits per heavy atom. The van der Waals surface area contributed by atoms with Gasteiger partial charge in [0.1, 0.15) is 11.6 Å². The standard InChI is InChI=1S/C15H12BrF2NO/c1-9(13-4-2-3-5-14(13)16)19-15(20)10-6-11(17)8-12(18)7-10/h2-9H,1H3,(H,19,20). The topological polar surface area (TPSA) is 29.1 Å². The molecule has 0 saturated heterocycles. The lowest BCUT2D eigenvalue weighted by atomic mass is 10.1. The van der Waals surface area contributed by atoms with Gasteiger partial charge in [0.25, 0.3) is 5.91 Å². The molecule has 0 aromatic heterocycles. The van der Waals surface area contributed by atoms with Crippen molar-refractivity contribution in [3.63, 3.8) is 0 Å². The second kappa shape index (κ2) is 6.13. The molecule has 0 saturated carbocycles. The number of nitrogens with one attached hydrogen (secondary N) is 1. The van der Waals surface area contributed by atoms with Crippen molar-refractivity contribution in [3.8, 4) is 0 Å². The van der Waals surface area contributed by atoms with Gasteiger partial charge in [-0.25, -0.2) is 8.78 Å². The highest BCUT2D eigenvalue weighted by Gasteiger charge is 2.14. The summed E-state index contributed by atoms with van der Waals surface area (Å²) >= 11 is 3.39. The average molecular weight is 340 g/mol. The molecule has 0 aliphatic rings. The second-order valence-corrected chi connectivity index (χ2v) is 5.23. The number of halogens is 3. The number of rotatable bonds is 3. The summed E-state index contributed by atoms with van der Waals surface area (Å²) in [6.07, 6.45) is 0. The molecule has 1 unspecified atom stereocenters. The largest absolute Gasteiger partial charge is 0.345 e. The highest BCUT2D eigenvalue weighted by Crippen LogP contribution is 2.23. The Balaban J connectivity index is 2.17. The highest BCUT2D eigenvalue weighted by molar-refractivity contribution is 9.10. The van der Waals surface area contributed by atoms with Crippen LogP contribution in [0.2, 0.25) is 0 Å². The molecule has 2 nitrogen and oxygen atoms in total. The maximum Gasteiger partial charge on any atom is 0.251 e. The SMILES string of the molecule is CC(NC(=O)c1cc(F)cc(F)c1)c1ccccc1Br. The van der Waals surface area contributed by atoms with Crippen molar-refractivity contribution >= 4 is 21.8 Å². The second-order valence-electron chi connectivity index (χ2n) is 4.37. The van der Waals surface area contributed by atoms with Crippen molar-refractivity contribution in [1.29, 1.82) is 0 Å². The van der Waals surface area contributed by atoms with Crippen molar-refractivity contribution in [1.82, 2.24) is 5.32 Å². The molecule has 5 heteroatoms. The fraction of sp³-hybridized carbons (Fsp3) is 0.133. The van der Waals surface area contributed by atoms with E-state index in [9.17, 15) is 13.6 Å². The molecule has 2 aromatic carbocycles. The quantitative estimate of drug-likeness (QED) is 0.891. The minimum Gasteiger partial charge on any atom is -0.345 e. The molecule has 20 heavy (non-hydrogen) atoms. The first kappa shape index (κ1) is 14.7. The fourth-order valence-corrected chi connectivity index (χ4v) is 2.50. The molecule has 0 bridgehead atoms. The molecule has 0 radical (unpaired) electrons. The third kappa shape index (κ3) is 3.42. The van der Waals surface area contributed by atoms with Gasteiger partial charge >= 0.3 is 0 Å². The zero-order valence-electron chi connectivity index (χ0n) is 10.7. The molecule has 1 N–H and O–H groups in total. The van der Waals surface area contributed by atoms with Crippen LogP contribution in [-0.4, -0.2) is 5.91 Å². The number of amides is 1. The maximum atomic E-state index is 13.1. The van der Waals surface area contributed by atoms with Crippen molar-refractivity contribution < 1.29 is 13.6 Å². The van der Waals surface area contributed by atoms with Gasteiger partial charge in [-0.05, 0) is 30.7 Å². The highest BCUT2D eigenvalue weighted by atomic mass is 79.9. The lowest BCUT2D eigenvalue weighted by Gasteiger charge is -2.16. The van der Waals surface area contributed by atoms with E-state index in [0.29, 0.717) is 0 Å².